The Bertz CT molecular complexity index is 1130. The smallest absolute Gasteiger partial charge is 0.333 e. The molecule has 2 aromatic heterocycles. The van der Waals surface area contributed by atoms with Gasteiger partial charge in [-0.2, -0.15) is 0 Å². The van der Waals surface area contributed by atoms with Crippen LogP contribution in [0.2, 0.25) is 0 Å². The molecular formula is C26H35N5O2. The van der Waals surface area contributed by atoms with Gasteiger partial charge in [-0.1, -0.05) is 19.1 Å². The molecule has 1 saturated carbocycles. The van der Waals surface area contributed by atoms with Crippen LogP contribution in [-0.2, 0) is 11.3 Å². The Morgan fingerprint density at radius 2 is 2.00 bits per heavy atom. The van der Waals surface area contributed by atoms with E-state index in [2.05, 4.69) is 17.2 Å². The first-order valence-corrected chi connectivity index (χ1v) is 12.1. The lowest BCUT2D eigenvalue weighted by atomic mass is 9.87. The molecular weight excluding hydrogens is 414 g/mol. The van der Waals surface area contributed by atoms with Gasteiger partial charge in [0.2, 0.25) is 5.95 Å². The van der Waals surface area contributed by atoms with Crippen LogP contribution in [0, 0.1) is 12.8 Å². The second kappa shape index (κ2) is 10.3. The van der Waals surface area contributed by atoms with Gasteiger partial charge in [0.1, 0.15) is 0 Å². The quantitative estimate of drug-likeness (QED) is 0.534. The summed E-state index contributed by atoms with van der Waals surface area (Å²) in [6.07, 6.45) is 8.31. The molecule has 1 fully saturated rings. The number of hydrogen-bond acceptors (Lipinski definition) is 5. The molecule has 0 aliphatic heterocycles. The maximum absolute atomic E-state index is 13.5. The number of nitrogens with one attached hydrogen (secondary N) is 1. The first-order chi connectivity index (χ1) is 15.9. The van der Waals surface area contributed by atoms with E-state index in [4.69, 9.17) is 9.72 Å². The van der Waals surface area contributed by atoms with Crippen LogP contribution in [0.4, 0.5) is 5.95 Å². The van der Waals surface area contributed by atoms with Crippen LogP contribution in [0.5, 0.6) is 0 Å². The fourth-order valence-corrected chi connectivity index (χ4v) is 4.59. The van der Waals surface area contributed by atoms with Gasteiger partial charge in [-0.3, -0.25) is 9.13 Å². The second-order valence-electron chi connectivity index (χ2n) is 9.26. The molecule has 1 N–H and O–H groups in total. The average molecular weight is 450 g/mol. The third-order valence-corrected chi connectivity index (χ3v) is 6.39. The van der Waals surface area contributed by atoms with Gasteiger partial charge in [0.15, 0.2) is 0 Å². The molecule has 7 heteroatoms. The van der Waals surface area contributed by atoms with E-state index in [9.17, 15) is 4.79 Å². The minimum absolute atomic E-state index is 0.0646. The average Bonchev–Trinajstić information content (AvgIpc) is 3.11. The molecule has 3 aromatic rings. The number of aryl methyl sites for hydroxylation is 1. The van der Waals surface area contributed by atoms with Crippen molar-refractivity contribution >= 4 is 5.95 Å². The van der Waals surface area contributed by atoms with Crippen LogP contribution in [0.15, 0.2) is 47.5 Å². The van der Waals surface area contributed by atoms with E-state index >= 15 is 0 Å². The fraction of sp³-hybridized carbons (Fsp3) is 0.500. The third kappa shape index (κ3) is 5.53. The molecule has 0 spiro atoms. The summed E-state index contributed by atoms with van der Waals surface area (Å²) in [6, 6.07) is 10.2. The molecule has 1 unspecified atom stereocenters. The van der Waals surface area contributed by atoms with Crippen LogP contribution in [-0.4, -0.2) is 37.9 Å². The first kappa shape index (κ1) is 23.2. The Labute approximate surface area is 195 Å². The molecule has 176 valence electrons. The summed E-state index contributed by atoms with van der Waals surface area (Å²) >= 11 is 0. The summed E-state index contributed by atoms with van der Waals surface area (Å²) < 4.78 is 9.14. The molecule has 1 aromatic carbocycles. The predicted octanol–water partition coefficient (Wildman–Crippen LogP) is 4.82. The van der Waals surface area contributed by atoms with E-state index in [1.54, 1.807) is 15.3 Å². The van der Waals surface area contributed by atoms with Crippen molar-refractivity contribution in [1.82, 2.24) is 19.1 Å². The maximum atomic E-state index is 13.5. The molecule has 0 bridgehead atoms. The van der Waals surface area contributed by atoms with Gasteiger partial charge in [0.25, 0.3) is 0 Å². The van der Waals surface area contributed by atoms with Crippen molar-refractivity contribution in [3.8, 4) is 17.1 Å². The summed E-state index contributed by atoms with van der Waals surface area (Å²) in [5, 5.41) is 3.51. The highest BCUT2D eigenvalue weighted by molar-refractivity contribution is 5.59. The lowest BCUT2D eigenvalue weighted by molar-refractivity contribution is 0.0633. The molecule has 7 nitrogen and oxygen atoms in total. The van der Waals surface area contributed by atoms with Gasteiger partial charge in [-0.05, 0) is 76.1 Å². The first-order valence-electron chi connectivity index (χ1n) is 12.1. The van der Waals surface area contributed by atoms with Crippen molar-refractivity contribution in [2.24, 2.45) is 5.92 Å². The molecule has 0 radical (unpaired) electrons. The van der Waals surface area contributed by atoms with Crippen molar-refractivity contribution in [3.05, 3.63) is 58.8 Å². The number of anilines is 1. The predicted molar refractivity (Wildman–Crippen MR) is 132 cm³/mol. The number of aromatic nitrogens is 4. The Hall–Kier alpha value is -2.93. The van der Waals surface area contributed by atoms with Crippen molar-refractivity contribution in [2.45, 2.75) is 72.1 Å². The minimum atomic E-state index is -0.100. The van der Waals surface area contributed by atoms with Gasteiger partial charge in [-0.15, -0.1) is 0 Å². The molecule has 1 aliphatic carbocycles. The zero-order valence-corrected chi connectivity index (χ0v) is 20.1. The lowest BCUT2D eigenvalue weighted by Gasteiger charge is -2.26. The zero-order valence-electron chi connectivity index (χ0n) is 20.1. The van der Waals surface area contributed by atoms with Crippen molar-refractivity contribution in [2.75, 3.05) is 11.9 Å². The number of imidazole rings is 1. The molecule has 0 amide bonds. The summed E-state index contributed by atoms with van der Waals surface area (Å²) in [7, 11) is 0. The topological polar surface area (TPSA) is 74.0 Å². The summed E-state index contributed by atoms with van der Waals surface area (Å²) in [5.74, 6) is 1.41. The van der Waals surface area contributed by atoms with E-state index in [1.807, 2.05) is 57.3 Å². The lowest BCUT2D eigenvalue weighted by Crippen LogP contribution is -2.28. The highest BCUT2D eigenvalue weighted by atomic mass is 16.5. The number of nitrogens with zero attached hydrogens (tertiary/aromatic N) is 4. The normalized spacial score (nSPS) is 19.4. The Balaban J connectivity index is 1.71. The summed E-state index contributed by atoms with van der Waals surface area (Å²) in [5.41, 5.74) is 3.29. The van der Waals surface area contributed by atoms with Crippen molar-refractivity contribution in [1.29, 1.82) is 0 Å². The largest absolute Gasteiger partial charge is 0.377 e. The van der Waals surface area contributed by atoms with Gasteiger partial charge >= 0.3 is 5.69 Å². The van der Waals surface area contributed by atoms with Crippen LogP contribution in [0.1, 0.15) is 52.0 Å². The highest BCUT2D eigenvalue weighted by Crippen LogP contribution is 2.26. The fourth-order valence-electron chi connectivity index (χ4n) is 4.59. The van der Waals surface area contributed by atoms with E-state index in [1.165, 1.54) is 12.8 Å². The van der Waals surface area contributed by atoms with Crippen molar-refractivity contribution < 1.29 is 4.74 Å². The second-order valence-corrected chi connectivity index (χ2v) is 9.26. The molecule has 1 atom stereocenters. The molecule has 0 saturated heterocycles. The highest BCUT2D eigenvalue weighted by Gasteiger charge is 2.21. The van der Waals surface area contributed by atoms with E-state index in [0.717, 1.165) is 41.4 Å². The van der Waals surface area contributed by atoms with E-state index in [0.29, 0.717) is 25.1 Å². The maximum Gasteiger partial charge on any atom is 0.333 e. The monoisotopic (exact) mass is 449 g/mol. The van der Waals surface area contributed by atoms with Crippen LogP contribution in [0.3, 0.4) is 0 Å². The van der Waals surface area contributed by atoms with Crippen LogP contribution >= 0.6 is 0 Å². The van der Waals surface area contributed by atoms with Crippen LogP contribution < -0.4 is 11.0 Å². The van der Waals surface area contributed by atoms with Gasteiger partial charge < -0.3 is 10.1 Å². The van der Waals surface area contributed by atoms with Crippen LogP contribution in [0.25, 0.3) is 17.1 Å². The SMILES string of the molecule is CCOC(C)Cn1cc(-c2ccnc(NC3CCC(C)CC3)n2)n(-c2cccc(C)c2)c1=O. The Kier molecular flexibility index (Phi) is 7.28. The van der Waals surface area contributed by atoms with Gasteiger partial charge in [-0.25, -0.2) is 14.8 Å². The molecule has 2 heterocycles. The third-order valence-electron chi connectivity index (χ3n) is 6.39. The number of hydrogen-bond donors (Lipinski definition) is 1. The minimum Gasteiger partial charge on any atom is -0.377 e. The standard InChI is InChI=1S/C26H35N5O2/c1-5-33-20(4)16-30-17-24(31(26(30)32)22-8-6-7-19(3)15-22)23-13-14-27-25(29-23)28-21-11-9-18(2)10-12-21/h6-8,13-15,17-18,20-21H,5,9-12,16H2,1-4H3,(H,27,28,29). The number of ether oxygens (including phenoxy) is 1. The summed E-state index contributed by atoms with van der Waals surface area (Å²) in [6.45, 7) is 9.38. The Morgan fingerprint density at radius 1 is 1.21 bits per heavy atom. The number of rotatable bonds is 8. The number of benzene rings is 1. The molecule has 33 heavy (non-hydrogen) atoms. The van der Waals surface area contributed by atoms with Gasteiger partial charge in [0.05, 0.1) is 29.7 Å². The van der Waals surface area contributed by atoms with E-state index in [-0.39, 0.29) is 11.8 Å². The van der Waals surface area contributed by atoms with E-state index < -0.39 is 0 Å². The zero-order chi connectivity index (χ0) is 23.4. The van der Waals surface area contributed by atoms with Crippen molar-refractivity contribution in [3.63, 3.8) is 0 Å². The summed E-state index contributed by atoms with van der Waals surface area (Å²) in [4.78, 5) is 22.7. The molecule has 1 aliphatic rings. The van der Waals surface area contributed by atoms with Gasteiger partial charge in [0, 0.05) is 25.0 Å². The molecule has 4 rings (SSSR count). The Morgan fingerprint density at radius 3 is 2.73 bits per heavy atom.